The summed E-state index contributed by atoms with van der Waals surface area (Å²) in [5.41, 5.74) is 0. The first-order valence-corrected chi connectivity index (χ1v) is 5.52. The molecule has 0 aliphatic carbocycles. The van der Waals surface area contributed by atoms with Crippen LogP contribution in [0.15, 0.2) is 0 Å². The molecule has 0 aromatic rings. The Balaban J connectivity index is 3.00. The highest BCUT2D eigenvalue weighted by molar-refractivity contribution is 7.99. The Morgan fingerprint density at radius 3 is 2.50 bits per heavy atom. The fourth-order valence-corrected chi connectivity index (χ4v) is 1.40. The molecule has 1 N–H and O–H groups in total. The van der Waals surface area contributed by atoms with Gasteiger partial charge < -0.3 is 9.84 Å². The van der Waals surface area contributed by atoms with Gasteiger partial charge in [-0.1, -0.05) is 20.8 Å². The average Bonchev–Trinajstić information content (AvgIpc) is 2.03. The van der Waals surface area contributed by atoms with Crippen LogP contribution in [-0.2, 0) is 4.74 Å². The lowest BCUT2D eigenvalue weighted by Gasteiger charge is -2.09. The second-order valence-electron chi connectivity index (χ2n) is 3.33. The van der Waals surface area contributed by atoms with Gasteiger partial charge in [0.15, 0.2) is 0 Å². The van der Waals surface area contributed by atoms with Crippen molar-refractivity contribution in [1.82, 2.24) is 0 Å². The lowest BCUT2D eigenvalue weighted by molar-refractivity contribution is 0.124. The van der Waals surface area contributed by atoms with E-state index in [4.69, 9.17) is 9.84 Å². The molecule has 0 saturated heterocycles. The van der Waals surface area contributed by atoms with Gasteiger partial charge in [-0.15, -0.1) is 0 Å². The summed E-state index contributed by atoms with van der Waals surface area (Å²) < 4.78 is 5.39. The molecule has 0 amide bonds. The summed E-state index contributed by atoms with van der Waals surface area (Å²) in [5, 5.41) is 9.06. The van der Waals surface area contributed by atoms with E-state index in [1.54, 1.807) is 11.8 Å². The van der Waals surface area contributed by atoms with Gasteiger partial charge >= 0.3 is 0 Å². The van der Waals surface area contributed by atoms with Crippen LogP contribution in [0.2, 0.25) is 0 Å². The van der Waals surface area contributed by atoms with Crippen LogP contribution in [0.4, 0.5) is 0 Å². The summed E-state index contributed by atoms with van der Waals surface area (Å²) in [7, 11) is 0. The molecule has 0 aromatic carbocycles. The van der Waals surface area contributed by atoms with Crippen molar-refractivity contribution >= 4 is 11.8 Å². The minimum Gasteiger partial charge on any atom is -0.395 e. The third-order valence-electron chi connectivity index (χ3n) is 1.34. The monoisotopic (exact) mass is 192 g/mol. The van der Waals surface area contributed by atoms with E-state index in [0.29, 0.717) is 11.2 Å². The highest BCUT2D eigenvalue weighted by Crippen LogP contribution is 2.08. The Morgan fingerprint density at radius 1 is 1.33 bits per heavy atom. The molecular formula is C9H20O2S. The molecular weight excluding hydrogens is 172 g/mol. The molecule has 0 rings (SSSR count). The lowest BCUT2D eigenvalue weighted by atomic mass is 10.2. The van der Waals surface area contributed by atoms with Crippen LogP contribution in [0.3, 0.4) is 0 Å². The Hall–Kier alpha value is 0.270. The van der Waals surface area contributed by atoms with E-state index >= 15 is 0 Å². The molecule has 3 heteroatoms. The predicted molar refractivity (Wildman–Crippen MR) is 54.7 cm³/mol. The maximum atomic E-state index is 8.72. The van der Waals surface area contributed by atoms with Gasteiger partial charge in [0.1, 0.15) is 0 Å². The van der Waals surface area contributed by atoms with Crippen molar-refractivity contribution in [2.75, 3.05) is 25.6 Å². The van der Waals surface area contributed by atoms with Crippen molar-refractivity contribution in [3.8, 4) is 0 Å². The van der Waals surface area contributed by atoms with E-state index in [1.165, 1.54) is 0 Å². The third-order valence-corrected chi connectivity index (χ3v) is 2.46. The Kier molecular flexibility index (Phi) is 8.07. The van der Waals surface area contributed by atoms with E-state index in [-0.39, 0.29) is 6.61 Å². The SMILES string of the molecule is CC(C)COCCSC(C)CO. The maximum Gasteiger partial charge on any atom is 0.0556 e. The Morgan fingerprint density at radius 2 is 2.00 bits per heavy atom. The van der Waals surface area contributed by atoms with E-state index < -0.39 is 0 Å². The minimum atomic E-state index is 0.259. The first-order valence-electron chi connectivity index (χ1n) is 4.47. The third kappa shape index (κ3) is 8.37. The average molecular weight is 192 g/mol. The number of rotatable bonds is 7. The molecule has 0 aromatic heterocycles. The molecule has 0 aliphatic heterocycles. The van der Waals surface area contributed by atoms with Gasteiger partial charge in [-0.3, -0.25) is 0 Å². The van der Waals surface area contributed by atoms with Crippen molar-refractivity contribution in [1.29, 1.82) is 0 Å². The summed E-state index contributed by atoms with van der Waals surface area (Å²) in [5.74, 6) is 1.60. The van der Waals surface area contributed by atoms with Crippen molar-refractivity contribution in [3.05, 3.63) is 0 Å². The zero-order valence-electron chi connectivity index (χ0n) is 8.25. The number of thioether (sulfide) groups is 1. The van der Waals surface area contributed by atoms with Crippen LogP contribution in [0.5, 0.6) is 0 Å². The summed E-state index contributed by atoms with van der Waals surface area (Å²) in [6, 6.07) is 0. The number of hydrogen-bond acceptors (Lipinski definition) is 3. The summed E-state index contributed by atoms with van der Waals surface area (Å²) in [4.78, 5) is 0. The highest BCUT2D eigenvalue weighted by Gasteiger charge is 1.99. The second kappa shape index (κ2) is 7.90. The number of hydrogen-bond donors (Lipinski definition) is 1. The fraction of sp³-hybridized carbons (Fsp3) is 1.00. The molecule has 0 aliphatic rings. The smallest absolute Gasteiger partial charge is 0.0556 e. The zero-order chi connectivity index (χ0) is 9.40. The number of aliphatic hydroxyl groups is 1. The van der Waals surface area contributed by atoms with Crippen molar-refractivity contribution in [3.63, 3.8) is 0 Å². The maximum absolute atomic E-state index is 8.72. The van der Waals surface area contributed by atoms with Gasteiger partial charge in [0, 0.05) is 17.6 Å². The quantitative estimate of drug-likeness (QED) is 0.623. The van der Waals surface area contributed by atoms with Gasteiger partial charge in [-0.25, -0.2) is 0 Å². The largest absolute Gasteiger partial charge is 0.395 e. The summed E-state index contributed by atoms with van der Waals surface area (Å²) in [6.07, 6.45) is 0. The second-order valence-corrected chi connectivity index (χ2v) is 4.88. The zero-order valence-corrected chi connectivity index (χ0v) is 9.06. The topological polar surface area (TPSA) is 29.5 Å². The normalized spacial score (nSPS) is 13.8. The Labute approximate surface area is 79.7 Å². The molecule has 0 radical (unpaired) electrons. The van der Waals surface area contributed by atoms with Crippen LogP contribution >= 0.6 is 11.8 Å². The fourth-order valence-electron chi connectivity index (χ4n) is 0.680. The van der Waals surface area contributed by atoms with Gasteiger partial charge in [-0.2, -0.15) is 11.8 Å². The standard InChI is InChI=1S/C9H20O2S/c1-8(2)7-11-4-5-12-9(3)6-10/h8-10H,4-7H2,1-3H3. The number of aliphatic hydroxyl groups excluding tert-OH is 1. The molecule has 1 atom stereocenters. The highest BCUT2D eigenvalue weighted by atomic mass is 32.2. The van der Waals surface area contributed by atoms with E-state index in [9.17, 15) is 0 Å². The Bertz CT molecular complexity index is 96.5. The predicted octanol–water partition coefficient (Wildman–Crippen LogP) is 1.77. The van der Waals surface area contributed by atoms with Crippen molar-refractivity contribution in [2.45, 2.75) is 26.0 Å². The van der Waals surface area contributed by atoms with Gasteiger partial charge in [0.05, 0.1) is 13.2 Å². The van der Waals surface area contributed by atoms with Gasteiger partial charge in [0.2, 0.25) is 0 Å². The van der Waals surface area contributed by atoms with Gasteiger partial charge in [-0.05, 0) is 5.92 Å². The molecule has 0 heterocycles. The van der Waals surface area contributed by atoms with Crippen molar-refractivity contribution in [2.24, 2.45) is 5.92 Å². The first-order chi connectivity index (χ1) is 5.66. The number of ether oxygens (including phenoxy) is 1. The molecule has 2 nitrogen and oxygen atoms in total. The van der Waals surface area contributed by atoms with E-state index in [0.717, 1.165) is 19.0 Å². The van der Waals surface area contributed by atoms with E-state index in [1.807, 2.05) is 6.92 Å². The van der Waals surface area contributed by atoms with Crippen LogP contribution in [0.1, 0.15) is 20.8 Å². The summed E-state index contributed by atoms with van der Waals surface area (Å²) >= 11 is 1.75. The molecule has 0 fully saturated rings. The van der Waals surface area contributed by atoms with Crippen molar-refractivity contribution < 1.29 is 9.84 Å². The molecule has 12 heavy (non-hydrogen) atoms. The van der Waals surface area contributed by atoms with Crippen LogP contribution < -0.4 is 0 Å². The van der Waals surface area contributed by atoms with Crippen LogP contribution in [0.25, 0.3) is 0 Å². The minimum absolute atomic E-state index is 0.259. The molecule has 0 bridgehead atoms. The molecule has 74 valence electrons. The van der Waals surface area contributed by atoms with Gasteiger partial charge in [0.25, 0.3) is 0 Å². The van der Waals surface area contributed by atoms with Crippen LogP contribution in [0, 0.1) is 5.92 Å². The summed E-state index contributed by atoms with van der Waals surface area (Å²) in [6.45, 7) is 8.20. The molecule has 1 unspecified atom stereocenters. The lowest BCUT2D eigenvalue weighted by Crippen LogP contribution is -2.08. The van der Waals surface area contributed by atoms with Crippen LogP contribution in [-0.4, -0.2) is 35.9 Å². The first kappa shape index (κ1) is 12.3. The van der Waals surface area contributed by atoms with E-state index in [2.05, 4.69) is 13.8 Å². The molecule has 0 saturated carbocycles. The molecule has 0 spiro atoms.